The fourth-order valence-corrected chi connectivity index (χ4v) is 1.93. The smallest absolute Gasteiger partial charge is 0.234 e. The lowest BCUT2D eigenvalue weighted by molar-refractivity contribution is -0.116. The van der Waals surface area contributed by atoms with E-state index in [1.807, 2.05) is 0 Å². The van der Waals surface area contributed by atoms with E-state index in [1.165, 1.54) is 22.6 Å². The Morgan fingerprint density at radius 1 is 1.36 bits per heavy atom. The summed E-state index contributed by atoms with van der Waals surface area (Å²) >= 11 is 11.6. The molecule has 14 heavy (non-hydrogen) atoms. The van der Waals surface area contributed by atoms with Gasteiger partial charge >= 0.3 is 0 Å². The van der Waals surface area contributed by atoms with E-state index in [0.717, 1.165) is 0 Å². The van der Waals surface area contributed by atoms with Gasteiger partial charge in [-0.15, -0.1) is 0 Å². The highest BCUT2D eigenvalue weighted by atomic mass is 127. The molecule has 0 fully saturated rings. The molecule has 0 bridgehead atoms. The van der Waals surface area contributed by atoms with Crippen molar-refractivity contribution in [3.8, 4) is 0 Å². The molecule has 1 aliphatic carbocycles. The zero-order chi connectivity index (χ0) is 11.0. The van der Waals surface area contributed by atoms with E-state index in [9.17, 15) is 18.0 Å². The summed E-state index contributed by atoms with van der Waals surface area (Å²) in [7, 11) is 0. The Morgan fingerprint density at radius 3 is 2.29 bits per heavy atom. The number of halogens is 6. The SMILES string of the molecule is O=C(Cl)C1C(F)=C(Cl)C(I)=C(F)[C@@H]1F. The Morgan fingerprint density at radius 2 is 1.86 bits per heavy atom. The van der Waals surface area contributed by atoms with Crippen LogP contribution in [0.2, 0.25) is 0 Å². The van der Waals surface area contributed by atoms with Gasteiger partial charge < -0.3 is 0 Å². The highest BCUT2D eigenvalue weighted by Crippen LogP contribution is 2.43. The molecule has 78 valence electrons. The quantitative estimate of drug-likeness (QED) is 0.516. The van der Waals surface area contributed by atoms with Crippen molar-refractivity contribution in [1.82, 2.24) is 0 Å². The van der Waals surface area contributed by atoms with Crippen molar-refractivity contribution in [3.05, 3.63) is 20.3 Å². The number of hydrogen-bond acceptors (Lipinski definition) is 1. The van der Waals surface area contributed by atoms with E-state index >= 15 is 0 Å². The Balaban J connectivity index is 3.25. The van der Waals surface area contributed by atoms with Crippen molar-refractivity contribution in [1.29, 1.82) is 0 Å². The summed E-state index contributed by atoms with van der Waals surface area (Å²) in [5.41, 5.74) is 0. The van der Waals surface area contributed by atoms with Gasteiger partial charge in [0.1, 0.15) is 11.7 Å². The molecule has 0 aromatic rings. The van der Waals surface area contributed by atoms with Gasteiger partial charge in [-0.25, -0.2) is 13.2 Å². The summed E-state index contributed by atoms with van der Waals surface area (Å²) in [6.07, 6.45) is -2.39. The molecule has 0 aromatic heterocycles. The summed E-state index contributed by atoms with van der Waals surface area (Å²) in [6.45, 7) is 0. The number of carbonyl (C=O) groups is 1. The standard InChI is InChI=1S/C7H2Cl2F3IO/c8-2-3(10)1(7(9)14)4(11)5(12)6(2)13/h1,4H/t1?,4-/m1/s1. The number of rotatable bonds is 1. The van der Waals surface area contributed by atoms with Crippen LogP contribution >= 0.6 is 45.8 Å². The molecule has 1 unspecified atom stereocenters. The Bertz CT molecular complexity index is 353. The number of alkyl halides is 1. The molecule has 1 aliphatic rings. The monoisotopic (exact) mass is 356 g/mol. The Kier molecular flexibility index (Phi) is 3.87. The summed E-state index contributed by atoms with van der Waals surface area (Å²) in [4.78, 5) is 10.6. The lowest BCUT2D eigenvalue weighted by Crippen LogP contribution is -2.27. The molecular formula is C7H2Cl2F3IO. The van der Waals surface area contributed by atoms with Crippen LogP contribution in [-0.2, 0) is 4.79 Å². The van der Waals surface area contributed by atoms with Crippen LogP contribution in [0.4, 0.5) is 13.2 Å². The fraction of sp³-hybridized carbons (Fsp3) is 0.286. The third-order valence-corrected chi connectivity index (χ3v) is 3.64. The van der Waals surface area contributed by atoms with E-state index in [0.29, 0.717) is 0 Å². The molecule has 0 heterocycles. The Labute approximate surface area is 101 Å². The second-order valence-corrected chi connectivity index (χ2v) is 4.34. The van der Waals surface area contributed by atoms with E-state index in [4.69, 9.17) is 23.2 Å². The maximum atomic E-state index is 13.2. The van der Waals surface area contributed by atoms with Crippen LogP contribution in [0, 0.1) is 5.92 Å². The van der Waals surface area contributed by atoms with Gasteiger partial charge in [0.25, 0.3) is 0 Å². The van der Waals surface area contributed by atoms with Gasteiger partial charge in [-0.05, 0) is 34.2 Å². The average Bonchev–Trinajstić information content (AvgIpc) is 2.11. The predicted octanol–water partition coefficient (Wildman–Crippen LogP) is 3.76. The third-order valence-electron chi connectivity index (χ3n) is 1.66. The van der Waals surface area contributed by atoms with E-state index in [2.05, 4.69) is 0 Å². The molecule has 0 amide bonds. The van der Waals surface area contributed by atoms with Crippen molar-refractivity contribution >= 4 is 51.0 Å². The molecular weight excluding hydrogens is 355 g/mol. The Hall–Kier alpha value is 0.250. The first-order valence-electron chi connectivity index (χ1n) is 3.32. The molecule has 7 heteroatoms. The highest BCUT2D eigenvalue weighted by molar-refractivity contribution is 14.1. The normalized spacial score (nSPS) is 28.4. The van der Waals surface area contributed by atoms with Crippen molar-refractivity contribution in [2.45, 2.75) is 6.17 Å². The van der Waals surface area contributed by atoms with Crippen LogP contribution in [0.5, 0.6) is 0 Å². The fourth-order valence-electron chi connectivity index (χ4n) is 0.957. The summed E-state index contributed by atoms with van der Waals surface area (Å²) in [5.74, 6) is -4.47. The van der Waals surface area contributed by atoms with Crippen LogP contribution in [0.1, 0.15) is 0 Å². The van der Waals surface area contributed by atoms with Gasteiger partial charge in [0.05, 0.1) is 8.61 Å². The number of carbonyl (C=O) groups excluding carboxylic acids is 1. The maximum absolute atomic E-state index is 13.2. The van der Waals surface area contributed by atoms with Crippen LogP contribution in [0.15, 0.2) is 20.3 Å². The van der Waals surface area contributed by atoms with E-state index in [-0.39, 0.29) is 3.58 Å². The van der Waals surface area contributed by atoms with Gasteiger partial charge in [-0.1, -0.05) is 11.6 Å². The van der Waals surface area contributed by atoms with E-state index in [1.54, 1.807) is 0 Å². The third kappa shape index (κ3) is 1.94. The van der Waals surface area contributed by atoms with Crippen molar-refractivity contribution in [2.75, 3.05) is 0 Å². The van der Waals surface area contributed by atoms with Crippen LogP contribution < -0.4 is 0 Å². The molecule has 1 rings (SSSR count). The molecule has 2 atom stereocenters. The minimum Gasteiger partial charge on any atom is -0.280 e. The zero-order valence-corrected chi connectivity index (χ0v) is 10.0. The molecule has 0 radical (unpaired) electrons. The lowest BCUT2D eigenvalue weighted by atomic mass is 9.98. The average molecular weight is 357 g/mol. The lowest BCUT2D eigenvalue weighted by Gasteiger charge is -2.21. The second kappa shape index (κ2) is 4.40. The van der Waals surface area contributed by atoms with Crippen molar-refractivity contribution in [3.63, 3.8) is 0 Å². The molecule has 0 aromatic carbocycles. The minimum absolute atomic E-state index is 0.372. The van der Waals surface area contributed by atoms with Crippen molar-refractivity contribution in [2.24, 2.45) is 5.92 Å². The van der Waals surface area contributed by atoms with Gasteiger partial charge in [0.2, 0.25) is 5.24 Å². The van der Waals surface area contributed by atoms with Gasteiger partial charge in [-0.3, -0.25) is 4.79 Å². The number of allylic oxidation sites excluding steroid dienone is 4. The maximum Gasteiger partial charge on any atom is 0.234 e. The molecule has 0 spiro atoms. The minimum atomic E-state index is -2.39. The van der Waals surface area contributed by atoms with E-state index < -0.39 is 34.0 Å². The molecule has 0 saturated heterocycles. The van der Waals surface area contributed by atoms with Gasteiger partial charge in [0.15, 0.2) is 12.0 Å². The second-order valence-electron chi connectivity index (χ2n) is 2.51. The largest absolute Gasteiger partial charge is 0.280 e. The predicted molar refractivity (Wildman–Crippen MR) is 55.4 cm³/mol. The first-order chi connectivity index (χ1) is 6.37. The summed E-state index contributed by atoms with van der Waals surface area (Å²) in [5, 5.41) is -1.91. The topological polar surface area (TPSA) is 17.1 Å². The first kappa shape index (κ1) is 12.3. The van der Waals surface area contributed by atoms with Gasteiger partial charge in [-0.2, -0.15) is 0 Å². The molecule has 1 nitrogen and oxygen atoms in total. The van der Waals surface area contributed by atoms with Gasteiger partial charge in [0, 0.05) is 0 Å². The highest BCUT2D eigenvalue weighted by Gasteiger charge is 2.41. The molecule has 0 saturated carbocycles. The van der Waals surface area contributed by atoms with Crippen molar-refractivity contribution < 1.29 is 18.0 Å². The van der Waals surface area contributed by atoms with Crippen LogP contribution in [0.25, 0.3) is 0 Å². The first-order valence-corrected chi connectivity index (χ1v) is 5.15. The zero-order valence-electron chi connectivity index (χ0n) is 6.33. The van der Waals surface area contributed by atoms with Crippen LogP contribution in [-0.4, -0.2) is 11.4 Å². The summed E-state index contributed by atoms with van der Waals surface area (Å²) < 4.78 is 38.9. The molecule has 0 N–H and O–H groups in total. The molecule has 0 aliphatic heterocycles. The summed E-state index contributed by atoms with van der Waals surface area (Å²) in [6, 6.07) is 0. The van der Waals surface area contributed by atoms with Crippen LogP contribution in [0.3, 0.4) is 0 Å². The number of hydrogen-bond donors (Lipinski definition) is 0.